The lowest BCUT2D eigenvalue weighted by Crippen LogP contribution is -2.50. The van der Waals surface area contributed by atoms with Gasteiger partial charge in [0.1, 0.15) is 0 Å². The van der Waals surface area contributed by atoms with Gasteiger partial charge in [0, 0.05) is 13.5 Å². The van der Waals surface area contributed by atoms with Crippen LogP contribution >= 0.6 is 23.2 Å². The Kier molecular flexibility index (Phi) is 3.99. The van der Waals surface area contributed by atoms with Crippen LogP contribution in [-0.4, -0.2) is 23.9 Å². The Morgan fingerprint density at radius 1 is 1.41 bits per heavy atom. The zero-order valence-electron chi connectivity index (χ0n) is 9.75. The standard InChI is InChI=1S/C13H16Cl2O2/c1-17-13(6-3-7-13)11(16)8-9-4-2-5-10(14)12(9)15/h2,4-5,11,16H,3,6-8H2,1H3. The topological polar surface area (TPSA) is 29.5 Å². The van der Waals surface area contributed by atoms with E-state index in [1.54, 1.807) is 13.2 Å². The van der Waals surface area contributed by atoms with E-state index in [-0.39, 0.29) is 5.60 Å². The second-order valence-corrected chi connectivity index (χ2v) is 5.34. The number of halogens is 2. The highest BCUT2D eigenvalue weighted by Gasteiger charge is 2.43. The van der Waals surface area contributed by atoms with Crippen LogP contribution in [0.25, 0.3) is 0 Å². The minimum absolute atomic E-state index is 0.383. The molecule has 1 aliphatic carbocycles. The SMILES string of the molecule is COC1(C(O)Cc2cccc(Cl)c2Cl)CCC1. The maximum Gasteiger partial charge on any atom is 0.0939 e. The lowest BCUT2D eigenvalue weighted by Gasteiger charge is -2.44. The van der Waals surface area contributed by atoms with Gasteiger partial charge in [0.15, 0.2) is 0 Å². The van der Waals surface area contributed by atoms with Gasteiger partial charge in [0.25, 0.3) is 0 Å². The van der Waals surface area contributed by atoms with E-state index in [2.05, 4.69) is 0 Å². The minimum Gasteiger partial charge on any atom is -0.390 e. The molecule has 4 heteroatoms. The fourth-order valence-corrected chi connectivity index (χ4v) is 2.70. The molecule has 0 spiro atoms. The third kappa shape index (κ3) is 2.45. The first kappa shape index (κ1) is 13.2. The third-order valence-corrected chi connectivity index (χ3v) is 4.52. The van der Waals surface area contributed by atoms with Crippen molar-refractivity contribution in [3.63, 3.8) is 0 Å². The number of ether oxygens (including phenoxy) is 1. The Bertz CT molecular complexity index is 397. The molecule has 1 saturated carbocycles. The number of hydrogen-bond acceptors (Lipinski definition) is 2. The first-order chi connectivity index (χ1) is 8.09. The fourth-order valence-electron chi connectivity index (χ4n) is 2.30. The molecule has 0 aliphatic heterocycles. The first-order valence-electron chi connectivity index (χ1n) is 5.75. The number of benzene rings is 1. The molecule has 2 nitrogen and oxygen atoms in total. The molecule has 94 valence electrons. The summed E-state index contributed by atoms with van der Waals surface area (Å²) in [6.45, 7) is 0. The summed E-state index contributed by atoms with van der Waals surface area (Å²) >= 11 is 12.1. The Labute approximate surface area is 111 Å². The zero-order chi connectivity index (χ0) is 12.5. The molecule has 0 aromatic heterocycles. The van der Waals surface area contributed by atoms with Crippen LogP contribution in [-0.2, 0) is 11.2 Å². The molecule has 0 radical (unpaired) electrons. The summed E-state index contributed by atoms with van der Waals surface area (Å²) in [5, 5.41) is 11.3. The molecule has 0 bridgehead atoms. The van der Waals surface area contributed by atoms with E-state index >= 15 is 0 Å². The Morgan fingerprint density at radius 2 is 2.12 bits per heavy atom. The average molecular weight is 275 g/mol. The van der Waals surface area contributed by atoms with Crippen molar-refractivity contribution >= 4 is 23.2 Å². The van der Waals surface area contributed by atoms with E-state index in [1.165, 1.54) is 0 Å². The predicted molar refractivity (Wildman–Crippen MR) is 69.8 cm³/mol. The maximum atomic E-state index is 10.3. The van der Waals surface area contributed by atoms with Crippen LogP contribution in [0.1, 0.15) is 24.8 Å². The van der Waals surface area contributed by atoms with Crippen LogP contribution < -0.4 is 0 Å². The molecule has 2 rings (SSSR count). The van der Waals surface area contributed by atoms with Gasteiger partial charge in [-0.15, -0.1) is 0 Å². The molecule has 1 fully saturated rings. The second kappa shape index (κ2) is 5.15. The fraction of sp³-hybridized carbons (Fsp3) is 0.538. The maximum absolute atomic E-state index is 10.3. The molecule has 0 heterocycles. The summed E-state index contributed by atoms with van der Waals surface area (Å²) < 4.78 is 5.45. The van der Waals surface area contributed by atoms with Crippen molar-refractivity contribution in [2.45, 2.75) is 37.4 Å². The molecule has 1 N–H and O–H groups in total. The van der Waals surface area contributed by atoms with Crippen LogP contribution in [0.2, 0.25) is 10.0 Å². The number of methoxy groups -OCH3 is 1. The van der Waals surface area contributed by atoms with Crippen LogP contribution in [0.5, 0.6) is 0 Å². The largest absolute Gasteiger partial charge is 0.390 e. The van der Waals surface area contributed by atoms with Crippen molar-refractivity contribution in [3.8, 4) is 0 Å². The van der Waals surface area contributed by atoms with Crippen molar-refractivity contribution in [1.29, 1.82) is 0 Å². The van der Waals surface area contributed by atoms with E-state index in [0.717, 1.165) is 24.8 Å². The van der Waals surface area contributed by atoms with Gasteiger partial charge in [-0.2, -0.15) is 0 Å². The van der Waals surface area contributed by atoms with Crippen molar-refractivity contribution in [2.75, 3.05) is 7.11 Å². The number of hydrogen-bond donors (Lipinski definition) is 1. The van der Waals surface area contributed by atoms with Gasteiger partial charge in [-0.25, -0.2) is 0 Å². The Hall–Kier alpha value is -0.280. The number of aliphatic hydroxyl groups excluding tert-OH is 1. The Morgan fingerprint density at radius 3 is 2.65 bits per heavy atom. The average Bonchev–Trinajstić information content (AvgIpc) is 2.24. The molecule has 1 aliphatic rings. The highest BCUT2D eigenvalue weighted by atomic mass is 35.5. The van der Waals surface area contributed by atoms with Gasteiger partial charge in [0.2, 0.25) is 0 Å². The molecule has 17 heavy (non-hydrogen) atoms. The van der Waals surface area contributed by atoms with Gasteiger partial charge in [-0.05, 0) is 30.9 Å². The molecule has 0 saturated heterocycles. The summed E-state index contributed by atoms with van der Waals surface area (Å²) in [7, 11) is 1.65. The smallest absolute Gasteiger partial charge is 0.0939 e. The van der Waals surface area contributed by atoms with Crippen LogP contribution in [0.15, 0.2) is 18.2 Å². The minimum atomic E-state index is -0.530. The monoisotopic (exact) mass is 274 g/mol. The quantitative estimate of drug-likeness (QED) is 0.911. The van der Waals surface area contributed by atoms with Crippen molar-refractivity contribution < 1.29 is 9.84 Å². The van der Waals surface area contributed by atoms with Gasteiger partial charge in [-0.1, -0.05) is 35.3 Å². The van der Waals surface area contributed by atoms with Crippen molar-refractivity contribution in [1.82, 2.24) is 0 Å². The van der Waals surface area contributed by atoms with E-state index in [1.807, 2.05) is 12.1 Å². The number of aliphatic hydroxyl groups is 1. The van der Waals surface area contributed by atoms with Crippen LogP contribution in [0, 0.1) is 0 Å². The summed E-state index contributed by atoms with van der Waals surface area (Å²) in [5.41, 5.74) is 0.487. The van der Waals surface area contributed by atoms with Gasteiger partial charge in [0.05, 0.1) is 21.8 Å². The predicted octanol–water partition coefficient (Wildman–Crippen LogP) is 3.47. The normalized spacial score (nSPS) is 19.8. The molecular formula is C13H16Cl2O2. The lowest BCUT2D eigenvalue weighted by atomic mass is 9.74. The summed E-state index contributed by atoms with van der Waals surface area (Å²) in [6, 6.07) is 5.48. The second-order valence-electron chi connectivity index (χ2n) is 4.56. The van der Waals surface area contributed by atoms with E-state index in [4.69, 9.17) is 27.9 Å². The highest BCUT2D eigenvalue weighted by Crippen LogP contribution is 2.40. The molecule has 1 unspecified atom stereocenters. The van der Waals surface area contributed by atoms with E-state index in [9.17, 15) is 5.11 Å². The van der Waals surface area contributed by atoms with Crippen molar-refractivity contribution in [3.05, 3.63) is 33.8 Å². The molecule has 0 amide bonds. The molecular weight excluding hydrogens is 259 g/mol. The highest BCUT2D eigenvalue weighted by molar-refractivity contribution is 6.42. The van der Waals surface area contributed by atoms with Gasteiger partial charge < -0.3 is 9.84 Å². The zero-order valence-corrected chi connectivity index (χ0v) is 11.3. The first-order valence-corrected chi connectivity index (χ1v) is 6.51. The van der Waals surface area contributed by atoms with Gasteiger partial charge in [-0.3, -0.25) is 0 Å². The third-order valence-electron chi connectivity index (χ3n) is 3.66. The van der Waals surface area contributed by atoms with Crippen molar-refractivity contribution in [2.24, 2.45) is 0 Å². The molecule has 1 aromatic carbocycles. The van der Waals surface area contributed by atoms with E-state index in [0.29, 0.717) is 16.5 Å². The molecule has 1 aromatic rings. The Balaban J connectivity index is 2.13. The number of rotatable bonds is 4. The van der Waals surface area contributed by atoms with Gasteiger partial charge >= 0.3 is 0 Å². The lowest BCUT2D eigenvalue weighted by molar-refractivity contribution is -0.148. The molecule has 1 atom stereocenters. The summed E-state index contributed by atoms with van der Waals surface area (Å²) in [5.74, 6) is 0. The summed E-state index contributed by atoms with van der Waals surface area (Å²) in [6.07, 6.45) is 2.87. The summed E-state index contributed by atoms with van der Waals surface area (Å²) in [4.78, 5) is 0. The van der Waals surface area contributed by atoms with Crippen LogP contribution in [0.4, 0.5) is 0 Å². The van der Waals surface area contributed by atoms with Crippen LogP contribution in [0.3, 0.4) is 0 Å². The van der Waals surface area contributed by atoms with E-state index < -0.39 is 6.10 Å².